The normalized spacial score (nSPS) is 10.3. The van der Waals surface area contributed by atoms with Crippen LogP contribution in [0.1, 0.15) is 25.0 Å². The van der Waals surface area contributed by atoms with Crippen molar-refractivity contribution in [3.63, 3.8) is 0 Å². The number of benzene rings is 2. The molecule has 0 saturated carbocycles. The zero-order valence-electron chi connectivity index (χ0n) is 14.5. The molecule has 4 nitrogen and oxygen atoms in total. The lowest BCUT2D eigenvalue weighted by Gasteiger charge is -2.10. The highest BCUT2D eigenvalue weighted by molar-refractivity contribution is 7.99. The summed E-state index contributed by atoms with van der Waals surface area (Å²) in [6.07, 6.45) is 0. The summed E-state index contributed by atoms with van der Waals surface area (Å²) in [5, 5.41) is 11.7. The van der Waals surface area contributed by atoms with Gasteiger partial charge in [0.2, 0.25) is 5.91 Å². The van der Waals surface area contributed by atoms with E-state index in [9.17, 15) is 4.79 Å². The molecule has 130 valence electrons. The van der Waals surface area contributed by atoms with Crippen molar-refractivity contribution >= 4 is 23.4 Å². The maximum Gasteiger partial charge on any atom is 0.234 e. The molecule has 0 aliphatic rings. The molecule has 25 heavy (non-hydrogen) atoms. The van der Waals surface area contributed by atoms with E-state index in [1.54, 1.807) is 23.9 Å². The van der Waals surface area contributed by atoms with E-state index in [4.69, 9.17) is 10.00 Å². The van der Waals surface area contributed by atoms with Gasteiger partial charge in [0.25, 0.3) is 0 Å². The Hall–Kier alpha value is -2.45. The first-order valence-corrected chi connectivity index (χ1v) is 9.32. The smallest absolute Gasteiger partial charge is 0.234 e. The summed E-state index contributed by atoms with van der Waals surface area (Å²) in [7, 11) is 0. The van der Waals surface area contributed by atoms with Gasteiger partial charge in [-0.25, -0.2) is 0 Å². The maximum atomic E-state index is 12.0. The van der Waals surface area contributed by atoms with Crippen LogP contribution in [0.3, 0.4) is 0 Å². The summed E-state index contributed by atoms with van der Waals surface area (Å²) < 4.78 is 5.62. The molecule has 0 spiro atoms. The van der Waals surface area contributed by atoms with Crippen molar-refractivity contribution in [1.82, 2.24) is 0 Å². The number of thioether (sulfide) groups is 1. The second kappa shape index (κ2) is 9.75. The SMILES string of the molecule is CC(C)COc1ccc(NC(=O)CSCc2ccc(C#N)cc2)cc1. The number of amides is 1. The van der Waals surface area contributed by atoms with E-state index in [2.05, 4.69) is 25.2 Å². The van der Waals surface area contributed by atoms with Gasteiger partial charge in [-0.1, -0.05) is 26.0 Å². The first kappa shape index (κ1) is 18.9. The van der Waals surface area contributed by atoms with Crippen LogP contribution in [0.15, 0.2) is 48.5 Å². The largest absolute Gasteiger partial charge is 0.493 e. The number of anilines is 1. The molecule has 0 unspecified atom stereocenters. The number of nitrogens with one attached hydrogen (secondary N) is 1. The first-order chi connectivity index (χ1) is 12.1. The Labute approximate surface area is 153 Å². The molecule has 0 saturated heterocycles. The third-order valence-corrected chi connectivity index (χ3v) is 4.31. The van der Waals surface area contributed by atoms with Crippen molar-refractivity contribution in [2.45, 2.75) is 19.6 Å². The molecular formula is C20H22N2O2S. The van der Waals surface area contributed by atoms with Crippen LogP contribution in [-0.4, -0.2) is 18.3 Å². The topological polar surface area (TPSA) is 62.1 Å². The molecule has 0 atom stereocenters. The average Bonchev–Trinajstić information content (AvgIpc) is 2.61. The zero-order valence-corrected chi connectivity index (χ0v) is 15.3. The van der Waals surface area contributed by atoms with Gasteiger partial charge in [0.1, 0.15) is 5.75 Å². The summed E-state index contributed by atoms with van der Waals surface area (Å²) >= 11 is 1.54. The van der Waals surface area contributed by atoms with Crippen molar-refractivity contribution < 1.29 is 9.53 Å². The molecular weight excluding hydrogens is 332 g/mol. The van der Waals surface area contributed by atoms with Crippen LogP contribution in [0.4, 0.5) is 5.69 Å². The van der Waals surface area contributed by atoms with Crippen LogP contribution in [0.25, 0.3) is 0 Å². The molecule has 0 aliphatic carbocycles. The van der Waals surface area contributed by atoms with Crippen LogP contribution in [-0.2, 0) is 10.5 Å². The highest BCUT2D eigenvalue weighted by Crippen LogP contribution is 2.17. The Morgan fingerprint density at radius 2 is 1.84 bits per heavy atom. The molecule has 2 aromatic rings. The fraction of sp³-hybridized carbons (Fsp3) is 0.300. The van der Waals surface area contributed by atoms with Gasteiger partial charge in [-0.3, -0.25) is 4.79 Å². The van der Waals surface area contributed by atoms with Gasteiger partial charge in [0.15, 0.2) is 0 Å². The second-order valence-corrected chi connectivity index (χ2v) is 7.06. The summed E-state index contributed by atoms with van der Waals surface area (Å²) in [6.45, 7) is 4.88. The van der Waals surface area contributed by atoms with E-state index < -0.39 is 0 Å². The minimum absolute atomic E-state index is 0.0329. The lowest BCUT2D eigenvalue weighted by molar-refractivity contribution is -0.113. The predicted molar refractivity (Wildman–Crippen MR) is 103 cm³/mol. The molecule has 0 aliphatic heterocycles. The molecule has 0 aromatic heterocycles. The Bertz CT molecular complexity index is 719. The fourth-order valence-corrected chi connectivity index (χ4v) is 2.82. The standard InChI is InChI=1S/C20H22N2O2S/c1-15(2)12-24-19-9-7-18(8-10-19)22-20(23)14-25-13-17-5-3-16(11-21)4-6-17/h3-10,15H,12-14H2,1-2H3,(H,22,23). The van der Waals surface area contributed by atoms with E-state index in [1.165, 1.54) is 0 Å². The highest BCUT2D eigenvalue weighted by atomic mass is 32.2. The minimum atomic E-state index is -0.0329. The number of nitriles is 1. The zero-order chi connectivity index (χ0) is 18.1. The van der Waals surface area contributed by atoms with Crippen molar-refractivity contribution in [3.8, 4) is 11.8 Å². The summed E-state index contributed by atoms with van der Waals surface area (Å²) in [6, 6.07) is 16.9. The maximum absolute atomic E-state index is 12.0. The number of nitrogens with zero attached hydrogens (tertiary/aromatic N) is 1. The third kappa shape index (κ3) is 6.90. The molecule has 2 aromatic carbocycles. The van der Waals surface area contributed by atoms with E-state index in [-0.39, 0.29) is 5.91 Å². The van der Waals surface area contributed by atoms with Crippen molar-refractivity contribution in [3.05, 3.63) is 59.7 Å². The van der Waals surface area contributed by atoms with Gasteiger partial charge in [0.05, 0.1) is 24.0 Å². The van der Waals surface area contributed by atoms with Gasteiger partial charge in [-0.05, 0) is 47.9 Å². The molecule has 5 heteroatoms. The highest BCUT2D eigenvalue weighted by Gasteiger charge is 2.04. The molecule has 1 amide bonds. The average molecular weight is 354 g/mol. The van der Waals surface area contributed by atoms with Crippen LogP contribution < -0.4 is 10.1 Å². The number of rotatable bonds is 8. The summed E-state index contributed by atoms with van der Waals surface area (Å²) in [4.78, 5) is 12.0. The monoisotopic (exact) mass is 354 g/mol. The van der Waals surface area contributed by atoms with Crippen LogP contribution in [0, 0.1) is 17.2 Å². The molecule has 1 N–H and O–H groups in total. The van der Waals surface area contributed by atoms with Crippen molar-refractivity contribution in [2.75, 3.05) is 17.7 Å². The van der Waals surface area contributed by atoms with E-state index in [1.807, 2.05) is 36.4 Å². The number of carbonyl (C=O) groups excluding carboxylic acids is 1. The van der Waals surface area contributed by atoms with Crippen molar-refractivity contribution in [1.29, 1.82) is 5.26 Å². The van der Waals surface area contributed by atoms with Gasteiger partial charge in [-0.2, -0.15) is 5.26 Å². The van der Waals surface area contributed by atoms with E-state index in [0.717, 1.165) is 22.8 Å². The molecule has 0 heterocycles. The molecule has 2 rings (SSSR count). The number of hydrogen-bond acceptors (Lipinski definition) is 4. The van der Waals surface area contributed by atoms with Gasteiger partial charge < -0.3 is 10.1 Å². The van der Waals surface area contributed by atoms with Crippen LogP contribution in [0.5, 0.6) is 5.75 Å². The number of hydrogen-bond donors (Lipinski definition) is 1. The predicted octanol–water partition coefficient (Wildman–Crippen LogP) is 4.46. The molecule has 0 radical (unpaired) electrons. The van der Waals surface area contributed by atoms with Gasteiger partial charge in [0, 0.05) is 11.4 Å². The lowest BCUT2D eigenvalue weighted by atomic mass is 10.2. The summed E-state index contributed by atoms with van der Waals surface area (Å²) in [5.41, 5.74) is 2.51. The Kier molecular flexibility index (Phi) is 7.36. The number of carbonyl (C=O) groups is 1. The van der Waals surface area contributed by atoms with Crippen LogP contribution in [0.2, 0.25) is 0 Å². The van der Waals surface area contributed by atoms with Crippen molar-refractivity contribution in [2.24, 2.45) is 5.92 Å². The Morgan fingerprint density at radius 1 is 1.16 bits per heavy atom. The van der Waals surface area contributed by atoms with Crippen LogP contribution >= 0.6 is 11.8 Å². The van der Waals surface area contributed by atoms with E-state index in [0.29, 0.717) is 23.8 Å². The Balaban J connectivity index is 1.73. The molecule has 0 bridgehead atoms. The molecule has 0 fully saturated rings. The van der Waals surface area contributed by atoms with E-state index >= 15 is 0 Å². The fourth-order valence-electron chi connectivity index (χ4n) is 2.03. The number of ether oxygens (including phenoxy) is 1. The lowest BCUT2D eigenvalue weighted by Crippen LogP contribution is -2.14. The van der Waals surface area contributed by atoms with Gasteiger partial charge in [-0.15, -0.1) is 11.8 Å². The summed E-state index contributed by atoms with van der Waals surface area (Å²) in [5.74, 6) is 2.37. The first-order valence-electron chi connectivity index (χ1n) is 8.16. The quantitative estimate of drug-likeness (QED) is 0.760. The minimum Gasteiger partial charge on any atom is -0.493 e. The van der Waals surface area contributed by atoms with Gasteiger partial charge >= 0.3 is 0 Å². The third-order valence-electron chi connectivity index (χ3n) is 3.31. The second-order valence-electron chi connectivity index (χ2n) is 6.08. The Morgan fingerprint density at radius 3 is 2.44 bits per heavy atom.